The lowest BCUT2D eigenvalue weighted by Gasteiger charge is -2.23. The predicted octanol–water partition coefficient (Wildman–Crippen LogP) is 3.09. The van der Waals surface area contributed by atoms with Gasteiger partial charge in [0.25, 0.3) is 0 Å². The normalized spacial score (nSPS) is 11.5. The fourth-order valence-electron chi connectivity index (χ4n) is 1.78. The van der Waals surface area contributed by atoms with Crippen molar-refractivity contribution in [2.45, 2.75) is 19.3 Å². The Morgan fingerprint density at radius 2 is 2.11 bits per heavy atom. The zero-order chi connectivity index (χ0) is 13.3. The minimum Gasteiger partial charge on any atom is -0.476 e. The van der Waals surface area contributed by atoms with Crippen LogP contribution < -0.4 is 0 Å². The van der Waals surface area contributed by atoms with Crippen LogP contribution in [0.1, 0.15) is 35.6 Å². The number of benzene rings is 1. The molecule has 0 fully saturated rings. The summed E-state index contributed by atoms with van der Waals surface area (Å²) in [4.78, 5) is 10.8. The number of nitrogens with zero attached hydrogens (tertiary/aromatic N) is 1. The van der Waals surface area contributed by atoms with Gasteiger partial charge >= 0.3 is 5.97 Å². The van der Waals surface area contributed by atoms with Crippen LogP contribution in [0.5, 0.6) is 0 Å². The van der Waals surface area contributed by atoms with E-state index in [1.165, 1.54) is 0 Å². The second-order valence-electron chi connectivity index (χ2n) is 4.61. The van der Waals surface area contributed by atoms with Crippen LogP contribution in [0.3, 0.4) is 0 Å². The van der Waals surface area contributed by atoms with Crippen LogP contribution in [0, 0.1) is 0 Å². The highest BCUT2D eigenvalue weighted by molar-refractivity contribution is 6.30. The average Bonchev–Trinajstić information content (AvgIpc) is 2.79. The number of H-pyrrole nitrogens is 1. The molecular formula is C13H13ClN2O2. The van der Waals surface area contributed by atoms with E-state index in [2.05, 4.69) is 10.2 Å². The molecule has 1 aromatic carbocycles. The predicted molar refractivity (Wildman–Crippen MR) is 69.1 cm³/mol. The first-order chi connectivity index (χ1) is 8.41. The van der Waals surface area contributed by atoms with Crippen molar-refractivity contribution in [2.24, 2.45) is 0 Å². The van der Waals surface area contributed by atoms with Crippen molar-refractivity contribution < 1.29 is 9.90 Å². The largest absolute Gasteiger partial charge is 0.476 e. The van der Waals surface area contributed by atoms with Gasteiger partial charge in [-0.3, -0.25) is 5.10 Å². The fraction of sp³-hybridized carbons (Fsp3) is 0.231. The van der Waals surface area contributed by atoms with Gasteiger partial charge in [0.1, 0.15) is 0 Å². The molecule has 0 spiro atoms. The third-order valence-corrected chi connectivity index (χ3v) is 3.25. The second kappa shape index (κ2) is 4.46. The molecule has 94 valence electrons. The first-order valence-electron chi connectivity index (χ1n) is 5.46. The van der Waals surface area contributed by atoms with Gasteiger partial charge in [0.05, 0.1) is 0 Å². The van der Waals surface area contributed by atoms with Gasteiger partial charge in [0.15, 0.2) is 5.69 Å². The number of halogens is 1. The fourth-order valence-corrected chi connectivity index (χ4v) is 1.97. The summed E-state index contributed by atoms with van der Waals surface area (Å²) in [6.07, 6.45) is 0. The highest BCUT2D eigenvalue weighted by Crippen LogP contribution is 2.31. The molecule has 1 heterocycles. The standard InChI is InChI=1S/C13H13ClN2O2/c1-13(2,8-4-3-5-9(14)6-8)11-7-10(12(17)18)15-16-11/h3-7H,1-2H3,(H,15,16)(H,17,18). The Morgan fingerprint density at radius 1 is 1.39 bits per heavy atom. The maximum Gasteiger partial charge on any atom is 0.356 e. The molecular weight excluding hydrogens is 252 g/mol. The van der Waals surface area contributed by atoms with Crippen molar-refractivity contribution in [3.63, 3.8) is 0 Å². The molecule has 0 radical (unpaired) electrons. The first kappa shape index (κ1) is 12.6. The molecule has 0 atom stereocenters. The summed E-state index contributed by atoms with van der Waals surface area (Å²) in [6.45, 7) is 3.97. The number of aromatic carboxylic acids is 1. The van der Waals surface area contributed by atoms with E-state index in [1.54, 1.807) is 12.1 Å². The summed E-state index contributed by atoms with van der Waals surface area (Å²) in [5.74, 6) is -1.04. The number of rotatable bonds is 3. The van der Waals surface area contributed by atoms with Crippen molar-refractivity contribution in [2.75, 3.05) is 0 Å². The third kappa shape index (κ3) is 2.24. The van der Waals surface area contributed by atoms with Crippen LogP contribution in [0.4, 0.5) is 0 Å². The summed E-state index contributed by atoms with van der Waals surface area (Å²) >= 11 is 5.97. The van der Waals surface area contributed by atoms with E-state index in [0.717, 1.165) is 11.3 Å². The molecule has 2 aromatic rings. The van der Waals surface area contributed by atoms with E-state index >= 15 is 0 Å². The maximum absolute atomic E-state index is 10.8. The SMILES string of the molecule is CC(C)(c1cccc(Cl)c1)c1cc(C(=O)O)n[nH]1. The number of carboxylic acids is 1. The molecule has 0 aliphatic carbocycles. The van der Waals surface area contributed by atoms with Gasteiger partial charge < -0.3 is 5.11 Å². The molecule has 0 bridgehead atoms. The number of aromatic nitrogens is 2. The summed E-state index contributed by atoms with van der Waals surface area (Å²) < 4.78 is 0. The molecule has 0 saturated heterocycles. The van der Waals surface area contributed by atoms with Crippen LogP contribution in [-0.4, -0.2) is 21.3 Å². The van der Waals surface area contributed by atoms with E-state index in [4.69, 9.17) is 16.7 Å². The molecule has 2 rings (SSSR count). The second-order valence-corrected chi connectivity index (χ2v) is 5.04. The quantitative estimate of drug-likeness (QED) is 0.895. The summed E-state index contributed by atoms with van der Waals surface area (Å²) in [5.41, 5.74) is 1.36. The monoisotopic (exact) mass is 264 g/mol. The summed E-state index contributed by atoms with van der Waals surface area (Å²) in [6, 6.07) is 9.03. The van der Waals surface area contributed by atoms with Gasteiger partial charge in [-0.15, -0.1) is 0 Å². The summed E-state index contributed by atoms with van der Waals surface area (Å²) in [5, 5.41) is 16.1. The Morgan fingerprint density at radius 3 is 2.67 bits per heavy atom. The average molecular weight is 265 g/mol. The van der Waals surface area contributed by atoms with Crippen molar-refractivity contribution in [3.8, 4) is 0 Å². The Bertz CT molecular complexity index is 590. The minimum atomic E-state index is -1.04. The maximum atomic E-state index is 10.8. The van der Waals surface area contributed by atoms with Crippen LogP contribution in [0.2, 0.25) is 5.02 Å². The van der Waals surface area contributed by atoms with Crippen LogP contribution in [0.25, 0.3) is 0 Å². The molecule has 0 aliphatic heterocycles. The smallest absolute Gasteiger partial charge is 0.356 e. The highest BCUT2D eigenvalue weighted by Gasteiger charge is 2.26. The zero-order valence-corrected chi connectivity index (χ0v) is 10.8. The lowest BCUT2D eigenvalue weighted by molar-refractivity contribution is 0.0690. The first-order valence-corrected chi connectivity index (χ1v) is 5.84. The topological polar surface area (TPSA) is 66.0 Å². The molecule has 0 aliphatic rings. The molecule has 18 heavy (non-hydrogen) atoms. The molecule has 0 saturated carbocycles. The van der Waals surface area contributed by atoms with Gasteiger partial charge in [-0.2, -0.15) is 5.10 Å². The molecule has 4 nitrogen and oxygen atoms in total. The lowest BCUT2D eigenvalue weighted by atomic mass is 9.81. The van der Waals surface area contributed by atoms with Gasteiger partial charge in [0, 0.05) is 16.1 Å². The Balaban J connectivity index is 2.43. The lowest BCUT2D eigenvalue weighted by Crippen LogP contribution is -2.19. The highest BCUT2D eigenvalue weighted by atomic mass is 35.5. The minimum absolute atomic E-state index is 0.0140. The van der Waals surface area contributed by atoms with Crippen molar-refractivity contribution >= 4 is 17.6 Å². The molecule has 0 unspecified atom stereocenters. The number of carbonyl (C=O) groups is 1. The van der Waals surface area contributed by atoms with E-state index in [1.807, 2.05) is 32.0 Å². The number of aromatic amines is 1. The summed E-state index contributed by atoms with van der Waals surface area (Å²) in [7, 11) is 0. The molecule has 1 aromatic heterocycles. The van der Waals surface area contributed by atoms with Crippen molar-refractivity contribution in [1.82, 2.24) is 10.2 Å². The number of hydrogen-bond donors (Lipinski definition) is 2. The van der Waals surface area contributed by atoms with Gasteiger partial charge in [-0.05, 0) is 23.8 Å². The number of nitrogens with one attached hydrogen (secondary N) is 1. The van der Waals surface area contributed by atoms with Gasteiger partial charge in [-0.25, -0.2) is 4.79 Å². The van der Waals surface area contributed by atoms with E-state index in [0.29, 0.717) is 5.02 Å². The molecule has 5 heteroatoms. The van der Waals surface area contributed by atoms with E-state index in [9.17, 15) is 4.79 Å². The van der Waals surface area contributed by atoms with Crippen molar-refractivity contribution in [3.05, 3.63) is 52.3 Å². The number of hydrogen-bond acceptors (Lipinski definition) is 2. The number of carboxylic acid groups (broad SMARTS) is 1. The molecule has 2 N–H and O–H groups in total. The van der Waals surface area contributed by atoms with Crippen LogP contribution in [-0.2, 0) is 5.41 Å². The Labute approximate surface area is 110 Å². The van der Waals surface area contributed by atoms with Crippen molar-refractivity contribution in [1.29, 1.82) is 0 Å². The van der Waals surface area contributed by atoms with E-state index < -0.39 is 5.97 Å². The van der Waals surface area contributed by atoms with Gasteiger partial charge in [0.2, 0.25) is 0 Å². The Hall–Kier alpha value is -1.81. The third-order valence-electron chi connectivity index (χ3n) is 3.02. The Kier molecular flexibility index (Phi) is 3.13. The van der Waals surface area contributed by atoms with Gasteiger partial charge in [-0.1, -0.05) is 37.6 Å². The zero-order valence-electron chi connectivity index (χ0n) is 10.1. The van der Waals surface area contributed by atoms with Crippen LogP contribution in [0.15, 0.2) is 30.3 Å². The van der Waals surface area contributed by atoms with E-state index in [-0.39, 0.29) is 11.1 Å². The molecule has 0 amide bonds. The van der Waals surface area contributed by atoms with Crippen LogP contribution >= 0.6 is 11.6 Å².